The van der Waals surface area contributed by atoms with Gasteiger partial charge in [0.25, 0.3) is 0 Å². The molecule has 0 fully saturated rings. The Morgan fingerprint density at radius 3 is 2.75 bits per heavy atom. The summed E-state index contributed by atoms with van der Waals surface area (Å²) in [5.74, 6) is 0.593. The van der Waals surface area contributed by atoms with Crippen molar-refractivity contribution in [3.05, 3.63) is 46.4 Å². The Morgan fingerprint density at radius 2 is 2.05 bits per heavy atom. The lowest BCUT2D eigenvalue weighted by atomic mass is 10.2. The van der Waals surface area contributed by atoms with E-state index >= 15 is 0 Å². The molecule has 0 aliphatic heterocycles. The van der Waals surface area contributed by atoms with Gasteiger partial charge < -0.3 is 15.2 Å². The number of phenolic OH excluding ortho intramolecular Hbond substituents is 1. The molecule has 3 nitrogen and oxygen atoms in total. The molecule has 0 saturated carbocycles. The monoisotopic (exact) mass is 353 g/mol. The fraction of sp³-hybridized carbons (Fsp3) is 0.200. The van der Waals surface area contributed by atoms with Crippen LogP contribution in [-0.2, 0) is 6.54 Å². The van der Waals surface area contributed by atoms with Crippen LogP contribution in [0.25, 0.3) is 0 Å². The van der Waals surface area contributed by atoms with Crippen LogP contribution in [0.1, 0.15) is 5.56 Å². The summed E-state index contributed by atoms with van der Waals surface area (Å²) in [6, 6.07) is 11.9. The molecule has 0 aromatic heterocycles. The molecule has 106 valence electrons. The van der Waals surface area contributed by atoms with Crippen LogP contribution in [0.5, 0.6) is 11.5 Å². The predicted molar refractivity (Wildman–Crippen MR) is 87.9 cm³/mol. The molecule has 0 amide bonds. The van der Waals surface area contributed by atoms with E-state index in [1.165, 1.54) is 4.90 Å². The largest absolute Gasteiger partial charge is 0.503 e. The summed E-state index contributed by atoms with van der Waals surface area (Å²) in [5.41, 5.74) is 2.13. The van der Waals surface area contributed by atoms with Crippen LogP contribution in [-0.4, -0.2) is 18.5 Å². The fourth-order valence-corrected chi connectivity index (χ4v) is 2.94. The van der Waals surface area contributed by atoms with E-state index in [1.807, 2.05) is 24.3 Å². The highest BCUT2D eigenvalue weighted by molar-refractivity contribution is 9.10. The molecular weight excluding hydrogens is 338 g/mol. The van der Waals surface area contributed by atoms with E-state index in [0.717, 1.165) is 11.3 Å². The molecule has 0 aliphatic rings. The number of thioether (sulfide) groups is 1. The van der Waals surface area contributed by atoms with E-state index < -0.39 is 0 Å². The smallest absolute Gasteiger partial charge is 0.172 e. The topological polar surface area (TPSA) is 41.5 Å². The standard InChI is InChI=1S/C15H16BrNO2S/c1-19-13-8-10(7-11(16)15(13)18)9-17-12-5-3-4-6-14(12)20-2/h3-8,17-18H,9H2,1-2H3. The molecule has 0 bridgehead atoms. The Bertz CT molecular complexity index is 604. The first kappa shape index (κ1) is 15.1. The Labute approximate surface area is 131 Å². The first-order valence-corrected chi connectivity index (χ1v) is 8.09. The van der Waals surface area contributed by atoms with Crippen LogP contribution in [0.2, 0.25) is 0 Å². The van der Waals surface area contributed by atoms with E-state index in [-0.39, 0.29) is 5.75 Å². The van der Waals surface area contributed by atoms with Crippen molar-refractivity contribution in [2.75, 3.05) is 18.7 Å². The van der Waals surface area contributed by atoms with Gasteiger partial charge in [0.1, 0.15) is 0 Å². The highest BCUT2D eigenvalue weighted by Crippen LogP contribution is 2.35. The molecule has 0 radical (unpaired) electrons. The number of rotatable bonds is 5. The van der Waals surface area contributed by atoms with E-state index in [0.29, 0.717) is 16.8 Å². The molecule has 0 atom stereocenters. The van der Waals surface area contributed by atoms with Gasteiger partial charge in [0, 0.05) is 17.1 Å². The number of hydrogen-bond donors (Lipinski definition) is 2. The lowest BCUT2D eigenvalue weighted by Crippen LogP contribution is -2.01. The van der Waals surface area contributed by atoms with Crippen LogP contribution in [0.4, 0.5) is 5.69 Å². The lowest BCUT2D eigenvalue weighted by Gasteiger charge is -2.12. The molecular formula is C15H16BrNO2S. The van der Waals surface area contributed by atoms with Gasteiger partial charge in [-0.15, -0.1) is 11.8 Å². The van der Waals surface area contributed by atoms with Gasteiger partial charge in [-0.2, -0.15) is 0 Å². The normalized spacial score (nSPS) is 10.3. The minimum atomic E-state index is 0.126. The Balaban J connectivity index is 2.17. The molecule has 5 heteroatoms. The summed E-state index contributed by atoms with van der Waals surface area (Å²) < 4.78 is 5.78. The van der Waals surface area contributed by atoms with E-state index in [9.17, 15) is 5.11 Å². The van der Waals surface area contributed by atoms with Gasteiger partial charge in [0.15, 0.2) is 11.5 Å². The van der Waals surface area contributed by atoms with Crippen molar-refractivity contribution in [1.82, 2.24) is 0 Å². The van der Waals surface area contributed by atoms with Gasteiger partial charge in [0.2, 0.25) is 0 Å². The maximum Gasteiger partial charge on any atom is 0.172 e. The first-order chi connectivity index (χ1) is 9.65. The number of nitrogens with one attached hydrogen (secondary N) is 1. The zero-order valence-corrected chi connectivity index (χ0v) is 13.7. The van der Waals surface area contributed by atoms with E-state index in [1.54, 1.807) is 18.9 Å². The van der Waals surface area contributed by atoms with Crippen molar-refractivity contribution < 1.29 is 9.84 Å². The average Bonchev–Trinajstić information content (AvgIpc) is 2.48. The second-order valence-electron chi connectivity index (χ2n) is 4.18. The van der Waals surface area contributed by atoms with Crippen LogP contribution >= 0.6 is 27.7 Å². The number of phenols is 1. The number of para-hydroxylation sites is 1. The molecule has 0 heterocycles. The Kier molecular flexibility index (Phi) is 5.20. The second-order valence-corrected chi connectivity index (χ2v) is 5.88. The maximum absolute atomic E-state index is 9.79. The second kappa shape index (κ2) is 6.90. The van der Waals surface area contributed by atoms with Crippen LogP contribution in [0, 0.1) is 0 Å². The minimum Gasteiger partial charge on any atom is -0.503 e. The molecule has 0 unspecified atom stereocenters. The van der Waals surface area contributed by atoms with Crippen molar-refractivity contribution in [2.24, 2.45) is 0 Å². The van der Waals surface area contributed by atoms with Gasteiger partial charge in [-0.1, -0.05) is 12.1 Å². The zero-order valence-electron chi connectivity index (χ0n) is 11.3. The third-order valence-corrected chi connectivity index (χ3v) is 4.30. The predicted octanol–water partition coefficient (Wildman–Crippen LogP) is 4.50. The van der Waals surface area contributed by atoms with Gasteiger partial charge in [-0.05, 0) is 52.0 Å². The van der Waals surface area contributed by atoms with Crippen molar-refractivity contribution in [1.29, 1.82) is 0 Å². The number of benzene rings is 2. The summed E-state index contributed by atoms with van der Waals surface area (Å²) >= 11 is 5.04. The fourth-order valence-electron chi connectivity index (χ4n) is 1.87. The van der Waals surface area contributed by atoms with Crippen LogP contribution in [0.3, 0.4) is 0 Å². The average molecular weight is 354 g/mol. The SMILES string of the molecule is COc1cc(CNc2ccccc2SC)cc(Br)c1O. The number of halogens is 1. The summed E-state index contributed by atoms with van der Waals surface area (Å²) in [7, 11) is 1.54. The highest BCUT2D eigenvalue weighted by atomic mass is 79.9. The molecule has 0 saturated heterocycles. The zero-order chi connectivity index (χ0) is 14.5. The first-order valence-electron chi connectivity index (χ1n) is 6.08. The minimum absolute atomic E-state index is 0.126. The van der Waals surface area contributed by atoms with Gasteiger partial charge in [-0.25, -0.2) is 0 Å². The highest BCUT2D eigenvalue weighted by Gasteiger charge is 2.09. The summed E-state index contributed by atoms with van der Waals surface area (Å²) in [6.45, 7) is 0.660. The molecule has 0 spiro atoms. The van der Waals surface area contributed by atoms with Gasteiger partial charge in [-0.3, -0.25) is 0 Å². The maximum atomic E-state index is 9.79. The molecule has 0 aliphatic carbocycles. The molecule has 20 heavy (non-hydrogen) atoms. The third kappa shape index (κ3) is 3.41. The number of ether oxygens (including phenoxy) is 1. The summed E-state index contributed by atoms with van der Waals surface area (Å²) in [4.78, 5) is 1.21. The quantitative estimate of drug-likeness (QED) is 0.776. The summed E-state index contributed by atoms with van der Waals surface area (Å²) in [6.07, 6.45) is 2.06. The Morgan fingerprint density at radius 1 is 1.30 bits per heavy atom. The van der Waals surface area contributed by atoms with Gasteiger partial charge in [0.05, 0.1) is 11.6 Å². The third-order valence-electron chi connectivity index (χ3n) is 2.90. The van der Waals surface area contributed by atoms with Crippen molar-refractivity contribution >= 4 is 33.4 Å². The molecule has 2 aromatic carbocycles. The molecule has 2 rings (SSSR count). The van der Waals surface area contributed by atoms with Crippen molar-refractivity contribution in [3.8, 4) is 11.5 Å². The number of anilines is 1. The van der Waals surface area contributed by atoms with E-state index in [4.69, 9.17) is 4.74 Å². The van der Waals surface area contributed by atoms with Gasteiger partial charge >= 0.3 is 0 Å². The molecule has 2 N–H and O–H groups in total. The van der Waals surface area contributed by atoms with E-state index in [2.05, 4.69) is 39.6 Å². The lowest BCUT2D eigenvalue weighted by molar-refractivity contribution is 0.371. The number of hydrogen-bond acceptors (Lipinski definition) is 4. The number of aromatic hydroxyl groups is 1. The number of methoxy groups -OCH3 is 1. The van der Waals surface area contributed by atoms with Crippen molar-refractivity contribution in [2.45, 2.75) is 11.4 Å². The van der Waals surface area contributed by atoms with Crippen molar-refractivity contribution in [3.63, 3.8) is 0 Å². The van der Waals surface area contributed by atoms with Crippen LogP contribution < -0.4 is 10.1 Å². The molecule has 2 aromatic rings. The Hall–Kier alpha value is -1.33. The van der Waals surface area contributed by atoms with Crippen LogP contribution in [0.15, 0.2) is 45.8 Å². The summed E-state index contributed by atoms with van der Waals surface area (Å²) in [5, 5.41) is 13.2.